The van der Waals surface area contributed by atoms with Crippen molar-refractivity contribution >= 4 is 17.7 Å². The molecule has 8 nitrogen and oxygen atoms in total. The average Bonchev–Trinajstić information content (AvgIpc) is 3.25. The van der Waals surface area contributed by atoms with E-state index in [0.717, 1.165) is 67.8 Å². The molecule has 0 bridgehead atoms. The molecule has 3 heterocycles. The molecular weight excluding hydrogens is 432 g/mol. The van der Waals surface area contributed by atoms with Crippen LogP contribution in [0.2, 0.25) is 0 Å². The highest BCUT2D eigenvalue weighted by atomic mass is 16.6. The fourth-order valence-corrected chi connectivity index (χ4v) is 5.63. The molecule has 0 unspecified atom stereocenters. The first-order chi connectivity index (χ1) is 16.4. The van der Waals surface area contributed by atoms with Crippen molar-refractivity contribution in [3.8, 4) is 0 Å². The molecule has 1 aromatic carbocycles. The number of likely N-dealkylation sites (tertiary alicyclic amines) is 1. The van der Waals surface area contributed by atoms with Crippen molar-refractivity contribution in [2.24, 2.45) is 0 Å². The second kappa shape index (κ2) is 9.06. The van der Waals surface area contributed by atoms with Crippen molar-refractivity contribution in [1.29, 1.82) is 0 Å². The molecule has 1 N–H and O–H groups in total. The van der Waals surface area contributed by atoms with Crippen molar-refractivity contribution in [2.75, 3.05) is 24.6 Å². The Bertz CT molecular complexity index is 1090. The molecule has 34 heavy (non-hydrogen) atoms. The highest BCUT2D eigenvalue weighted by molar-refractivity contribution is 6.09. The van der Waals surface area contributed by atoms with Gasteiger partial charge in [0, 0.05) is 37.6 Å². The molecule has 1 aliphatic carbocycles. The van der Waals surface area contributed by atoms with Gasteiger partial charge in [-0.3, -0.25) is 4.79 Å². The molecule has 2 aromatic rings. The number of amides is 2. The molecule has 1 spiro atoms. The van der Waals surface area contributed by atoms with E-state index in [9.17, 15) is 14.7 Å². The Balaban J connectivity index is 1.42. The van der Waals surface area contributed by atoms with Crippen molar-refractivity contribution in [2.45, 2.75) is 77.0 Å². The lowest BCUT2D eigenvalue weighted by Crippen LogP contribution is -2.65. The molecule has 1 saturated heterocycles. The van der Waals surface area contributed by atoms with Crippen LogP contribution in [0.4, 0.5) is 10.5 Å². The second-order valence-corrected chi connectivity index (χ2v) is 9.99. The van der Waals surface area contributed by atoms with E-state index >= 15 is 0 Å². The van der Waals surface area contributed by atoms with Gasteiger partial charge in [-0.05, 0) is 64.0 Å². The lowest BCUT2D eigenvalue weighted by molar-refractivity contribution is -0.128. The summed E-state index contributed by atoms with van der Waals surface area (Å²) in [5, 5.41) is 9.26. The number of nitrogens with zero attached hydrogens (tertiary/aromatic N) is 4. The number of unbranched alkanes of at least 4 members (excludes halogenated alkanes) is 1. The van der Waals surface area contributed by atoms with Gasteiger partial charge in [0.15, 0.2) is 0 Å². The number of benzene rings is 1. The number of fused-ring (bicyclic) bond motifs is 3. The van der Waals surface area contributed by atoms with Crippen LogP contribution < -0.4 is 4.90 Å². The van der Waals surface area contributed by atoms with Gasteiger partial charge in [-0.25, -0.2) is 9.78 Å². The predicted molar refractivity (Wildman–Crippen MR) is 128 cm³/mol. The number of aliphatic hydroxyl groups is 1. The van der Waals surface area contributed by atoms with Gasteiger partial charge in [0.2, 0.25) is 5.91 Å². The fourth-order valence-electron chi connectivity index (χ4n) is 5.63. The van der Waals surface area contributed by atoms with E-state index in [0.29, 0.717) is 19.6 Å². The summed E-state index contributed by atoms with van der Waals surface area (Å²) in [7, 11) is 0. The number of hydrogen-bond acceptors (Lipinski definition) is 5. The zero-order valence-corrected chi connectivity index (χ0v) is 20.1. The van der Waals surface area contributed by atoms with Gasteiger partial charge in [0.25, 0.3) is 0 Å². The summed E-state index contributed by atoms with van der Waals surface area (Å²) in [6, 6.07) is 7.93. The Kier molecular flexibility index (Phi) is 6.10. The third-order valence-corrected chi connectivity index (χ3v) is 7.28. The van der Waals surface area contributed by atoms with E-state index in [1.165, 1.54) is 5.69 Å². The van der Waals surface area contributed by atoms with Crippen LogP contribution >= 0.6 is 0 Å². The molecular formula is C26H34N4O4. The Morgan fingerprint density at radius 2 is 1.94 bits per heavy atom. The normalized spacial score (nSPS) is 18.3. The first-order valence-corrected chi connectivity index (χ1v) is 12.5. The minimum Gasteiger partial charge on any atom is -0.447 e. The third kappa shape index (κ3) is 3.78. The van der Waals surface area contributed by atoms with E-state index in [1.54, 1.807) is 4.90 Å². The van der Waals surface area contributed by atoms with Crippen LogP contribution in [0.25, 0.3) is 0 Å². The highest BCUT2D eigenvalue weighted by Gasteiger charge is 2.59. The molecule has 8 heteroatoms. The largest absolute Gasteiger partial charge is 0.447 e. The zero-order chi connectivity index (χ0) is 23.9. The van der Waals surface area contributed by atoms with Crippen LogP contribution in [0.5, 0.6) is 0 Å². The van der Waals surface area contributed by atoms with E-state index < -0.39 is 5.41 Å². The van der Waals surface area contributed by atoms with Gasteiger partial charge in [0.05, 0.1) is 18.3 Å². The number of para-hydroxylation sites is 1. The molecule has 182 valence electrons. The summed E-state index contributed by atoms with van der Waals surface area (Å²) in [4.78, 5) is 34.7. The quantitative estimate of drug-likeness (QED) is 0.634. The molecule has 5 rings (SSSR count). The maximum absolute atomic E-state index is 13.9. The van der Waals surface area contributed by atoms with Gasteiger partial charge in [0.1, 0.15) is 11.2 Å². The average molecular weight is 467 g/mol. The predicted octanol–water partition coefficient (Wildman–Crippen LogP) is 3.18. The molecule has 1 fully saturated rings. The Hall–Kier alpha value is -2.87. The molecule has 2 amide bonds. The number of rotatable bonds is 7. The first-order valence-electron chi connectivity index (χ1n) is 12.5. The van der Waals surface area contributed by atoms with E-state index in [-0.39, 0.29) is 24.7 Å². The van der Waals surface area contributed by atoms with Crippen LogP contribution in [0.3, 0.4) is 0 Å². The summed E-state index contributed by atoms with van der Waals surface area (Å²) >= 11 is 0. The first kappa shape index (κ1) is 22.9. The molecule has 0 radical (unpaired) electrons. The van der Waals surface area contributed by atoms with Gasteiger partial charge in [-0.1, -0.05) is 18.2 Å². The molecule has 0 saturated carbocycles. The topological polar surface area (TPSA) is 87.9 Å². The number of aliphatic hydroxyl groups excluding tert-OH is 1. The minimum atomic E-state index is -0.708. The van der Waals surface area contributed by atoms with Gasteiger partial charge in [-0.15, -0.1) is 0 Å². The number of hydrogen-bond donors (Lipinski definition) is 1. The number of anilines is 1. The number of carbonyl (C=O) groups is 2. The lowest BCUT2D eigenvalue weighted by Gasteiger charge is -2.46. The van der Waals surface area contributed by atoms with Crippen LogP contribution in [0, 0.1) is 0 Å². The highest BCUT2D eigenvalue weighted by Crippen LogP contribution is 2.48. The Morgan fingerprint density at radius 3 is 2.71 bits per heavy atom. The van der Waals surface area contributed by atoms with Crippen molar-refractivity contribution in [3.63, 3.8) is 0 Å². The van der Waals surface area contributed by atoms with Crippen LogP contribution in [0.15, 0.2) is 24.3 Å². The lowest BCUT2D eigenvalue weighted by atomic mass is 9.75. The summed E-state index contributed by atoms with van der Waals surface area (Å²) < 4.78 is 7.63. The molecule has 1 aromatic heterocycles. The summed E-state index contributed by atoms with van der Waals surface area (Å²) in [6.45, 7) is 5.74. The molecule has 0 atom stereocenters. The summed E-state index contributed by atoms with van der Waals surface area (Å²) in [5.74, 6) is 0.950. The smallest absolute Gasteiger partial charge is 0.410 e. The maximum atomic E-state index is 13.9. The van der Waals surface area contributed by atoms with Crippen molar-refractivity contribution in [1.82, 2.24) is 14.5 Å². The SMILES string of the molecule is CC(C)OC(=O)N1CC2(C1)C(=O)N(Cc1nc3c(n1CCCCO)CCCC3)c1ccccc12. The fraction of sp³-hybridized carbons (Fsp3) is 0.577. The number of aryl methyl sites for hydroxylation is 1. The van der Waals surface area contributed by atoms with E-state index in [1.807, 2.05) is 43.0 Å². The number of ether oxygens (including phenoxy) is 1. The maximum Gasteiger partial charge on any atom is 0.410 e. The third-order valence-electron chi connectivity index (χ3n) is 7.28. The van der Waals surface area contributed by atoms with Crippen LogP contribution in [0.1, 0.15) is 62.3 Å². The van der Waals surface area contributed by atoms with Gasteiger partial charge >= 0.3 is 6.09 Å². The zero-order valence-electron chi connectivity index (χ0n) is 20.1. The van der Waals surface area contributed by atoms with E-state index in [2.05, 4.69) is 4.57 Å². The minimum absolute atomic E-state index is 0.0326. The van der Waals surface area contributed by atoms with Gasteiger partial charge < -0.3 is 24.2 Å². The molecule has 2 aliphatic heterocycles. The van der Waals surface area contributed by atoms with Crippen molar-refractivity contribution in [3.05, 3.63) is 47.0 Å². The van der Waals surface area contributed by atoms with Crippen molar-refractivity contribution < 1.29 is 19.4 Å². The summed E-state index contributed by atoms with van der Waals surface area (Å²) in [5.41, 5.74) is 3.63. The van der Waals surface area contributed by atoms with Crippen LogP contribution in [-0.2, 0) is 40.9 Å². The standard InChI is InChI=1S/C26H34N4O4/c1-18(2)34-25(33)28-16-26(17-28)19-9-3-5-11-21(19)30(24(26)32)15-23-27-20-10-4-6-12-22(20)29(23)13-7-8-14-31/h3,5,9,11,18,31H,4,6-8,10,12-17H2,1-2H3. The summed E-state index contributed by atoms with van der Waals surface area (Å²) in [6.07, 6.45) is 5.39. The second-order valence-electron chi connectivity index (χ2n) is 9.99. The monoisotopic (exact) mass is 466 g/mol. The van der Waals surface area contributed by atoms with Gasteiger partial charge in [-0.2, -0.15) is 0 Å². The Morgan fingerprint density at radius 1 is 1.18 bits per heavy atom. The molecule has 3 aliphatic rings. The van der Waals surface area contributed by atoms with Crippen LogP contribution in [-0.4, -0.2) is 57.4 Å². The Labute approximate surface area is 200 Å². The van der Waals surface area contributed by atoms with E-state index in [4.69, 9.17) is 9.72 Å². The number of imidazole rings is 1. The number of aromatic nitrogens is 2. The number of carbonyl (C=O) groups excluding carboxylic acids is 2.